The molecule has 0 heterocycles. The number of hydrogen-bond acceptors (Lipinski definition) is 3. The molecule has 0 spiro atoms. The molecule has 1 rings (SSSR count). The molecule has 0 bridgehead atoms. The third-order valence-corrected chi connectivity index (χ3v) is 2.39. The summed E-state index contributed by atoms with van der Waals surface area (Å²) in [6, 6.07) is 4.45. The number of benzene rings is 1. The number of carboxylic acids is 1. The minimum Gasteiger partial charge on any atom is -0.478 e. The number of nitrogens with zero attached hydrogens (tertiary/aromatic N) is 1. The van der Waals surface area contributed by atoms with Crippen LogP contribution in [0.25, 0.3) is 6.08 Å². The van der Waals surface area contributed by atoms with E-state index >= 15 is 0 Å². The van der Waals surface area contributed by atoms with Crippen molar-refractivity contribution >= 4 is 33.7 Å². The molecule has 0 radical (unpaired) electrons. The zero-order valence-electron chi connectivity index (χ0n) is 8.31. The third-order valence-electron chi connectivity index (χ3n) is 1.90. The van der Waals surface area contributed by atoms with Gasteiger partial charge in [0.2, 0.25) is 0 Å². The van der Waals surface area contributed by atoms with Gasteiger partial charge in [-0.25, -0.2) is 4.79 Å². The number of hydrogen-bond donors (Lipinski definition) is 1. The number of carbonyl (C=O) groups is 1. The molecule has 0 aliphatic rings. The number of nitro groups is 1. The molecule has 0 saturated carbocycles. The molecule has 1 N–H and O–H groups in total. The molecule has 0 aromatic heterocycles. The van der Waals surface area contributed by atoms with E-state index in [1.165, 1.54) is 25.1 Å². The second-order valence-electron chi connectivity index (χ2n) is 3.09. The van der Waals surface area contributed by atoms with E-state index in [4.69, 9.17) is 5.11 Å². The summed E-state index contributed by atoms with van der Waals surface area (Å²) in [6.07, 6.45) is 1.27. The predicted octanol–water partition coefficient (Wildman–Crippen LogP) is 2.85. The van der Waals surface area contributed by atoms with E-state index in [0.717, 1.165) is 0 Å². The molecule has 0 amide bonds. The smallest absolute Gasteiger partial charge is 0.331 e. The Morgan fingerprint density at radius 3 is 2.69 bits per heavy atom. The van der Waals surface area contributed by atoms with Crippen molar-refractivity contribution in [3.8, 4) is 0 Å². The predicted molar refractivity (Wildman–Crippen MR) is 62.1 cm³/mol. The normalized spacial score (nSPS) is 11.2. The van der Waals surface area contributed by atoms with Crippen LogP contribution in [0.15, 0.2) is 28.2 Å². The van der Waals surface area contributed by atoms with Gasteiger partial charge in [0.25, 0.3) is 5.69 Å². The van der Waals surface area contributed by atoms with Gasteiger partial charge in [-0.15, -0.1) is 0 Å². The minimum atomic E-state index is -1.10. The van der Waals surface area contributed by atoms with E-state index < -0.39 is 10.9 Å². The van der Waals surface area contributed by atoms with Crippen LogP contribution in [-0.2, 0) is 4.79 Å². The van der Waals surface area contributed by atoms with Gasteiger partial charge < -0.3 is 5.11 Å². The fourth-order valence-corrected chi connectivity index (χ4v) is 1.44. The van der Waals surface area contributed by atoms with E-state index in [1.54, 1.807) is 6.07 Å². The first-order valence-electron chi connectivity index (χ1n) is 4.27. The summed E-state index contributed by atoms with van der Waals surface area (Å²) in [5.74, 6) is -1.10. The molecular weight excluding hydrogens is 278 g/mol. The fourth-order valence-electron chi connectivity index (χ4n) is 1.09. The average Bonchev–Trinajstić information content (AvgIpc) is 2.20. The third kappa shape index (κ3) is 2.90. The van der Waals surface area contributed by atoms with Gasteiger partial charge in [-0.05, 0) is 25.1 Å². The standard InChI is InChI=1S/C10H8BrNO4/c1-6(10(13)14)4-7-2-3-8(11)5-9(7)12(15)16/h2-5H,1H3,(H,13,14)/b6-4-. The quantitative estimate of drug-likeness (QED) is 0.526. The molecule has 0 aliphatic heterocycles. The number of aliphatic carboxylic acids is 1. The Kier molecular flexibility index (Phi) is 3.78. The highest BCUT2D eigenvalue weighted by molar-refractivity contribution is 9.10. The van der Waals surface area contributed by atoms with E-state index in [-0.39, 0.29) is 16.8 Å². The summed E-state index contributed by atoms with van der Waals surface area (Å²) in [5.41, 5.74) is 0.188. The van der Waals surface area contributed by atoms with Gasteiger partial charge in [0.1, 0.15) is 0 Å². The highest BCUT2D eigenvalue weighted by Gasteiger charge is 2.13. The van der Waals surface area contributed by atoms with E-state index in [9.17, 15) is 14.9 Å². The SMILES string of the molecule is C/C(=C/c1ccc(Br)cc1[N+](=O)[O-])C(=O)O. The van der Waals surface area contributed by atoms with Gasteiger partial charge in [0.15, 0.2) is 0 Å². The first-order chi connectivity index (χ1) is 7.41. The van der Waals surface area contributed by atoms with Crippen LogP contribution in [0, 0.1) is 10.1 Å². The van der Waals surface area contributed by atoms with E-state index in [0.29, 0.717) is 4.47 Å². The van der Waals surface area contributed by atoms with Crippen molar-refractivity contribution in [3.63, 3.8) is 0 Å². The molecule has 1 aromatic rings. The van der Waals surface area contributed by atoms with Crippen LogP contribution in [0.5, 0.6) is 0 Å². The lowest BCUT2D eigenvalue weighted by molar-refractivity contribution is -0.385. The van der Waals surface area contributed by atoms with E-state index in [1.807, 2.05) is 0 Å². The van der Waals surface area contributed by atoms with E-state index in [2.05, 4.69) is 15.9 Å². The monoisotopic (exact) mass is 285 g/mol. The molecule has 1 aromatic carbocycles. The second-order valence-corrected chi connectivity index (χ2v) is 4.01. The van der Waals surface area contributed by atoms with Crippen molar-refractivity contribution in [2.45, 2.75) is 6.92 Å². The zero-order chi connectivity index (χ0) is 12.3. The first-order valence-corrected chi connectivity index (χ1v) is 5.06. The molecular formula is C10H8BrNO4. The topological polar surface area (TPSA) is 80.4 Å². The van der Waals surface area contributed by atoms with Crippen LogP contribution >= 0.6 is 15.9 Å². The van der Waals surface area contributed by atoms with Crippen LogP contribution in [0.3, 0.4) is 0 Å². The molecule has 16 heavy (non-hydrogen) atoms. The minimum absolute atomic E-state index is 0.0467. The molecule has 6 heteroatoms. The Morgan fingerprint density at radius 2 is 2.19 bits per heavy atom. The molecule has 0 fully saturated rings. The van der Waals surface area contributed by atoms with Gasteiger partial charge in [0, 0.05) is 16.1 Å². The summed E-state index contributed by atoms with van der Waals surface area (Å²) in [5, 5.41) is 19.4. The largest absolute Gasteiger partial charge is 0.478 e. The Morgan fingerprint density at radius 1 is 1.56 bits per heavy atom. The highest BCUT2D eigenvalue weighted by atomic mass is 79.9. The lowest BCUT2D eigenvalue weighted by Gasteiger charge is -1.99. The molecule has 5 nitrogen and oxygen atoms in total. The van der Waals surface area contributed by atoms with Gasteiger partial charge in [0.05, 0.1) is 10.5 Å². The molecule has 84 valence electrons. The Hall–Kier alpha value is -1.69. The second kappa shape index (κ2) is 4.89. The maximum absolute atomic E-state index is 10.7. The number of halogens is 1. The van der Waals surface area contributed by atoms with Crippen molar-refractivity contribution in [3.05, 3.63) is 43.9 Å². The van der Waals surface area contributed by atoms with Crippen molar-refractivity contribution in [1.29, 1.82) is 0 Å². The van der Waals surface area contributed by atoms with Crippen LogP contribution in [0.4, 0.5) is 5.69 Å². The van der Waals surface area contributed by atoms with Crippen molar-refractivity contribution in [1.82, 2.24) is 0 Å². The first kappa shape index (κ1) is 12.4. The Bertz CT molecular complexity index is 482. The maximum Gasteiger partial charge on any atom is 0.331 e. The Balaban J connectivity index is 3.29. The van der Waals surface area contributed by atoms with Crippen LogP contribution in [-0.4, -0.2) is 16.0 Å². The van der Waals surface area contributed by atoms with Gasteiger partial charge in [-0.3, -0.25) is 10.1 Å². The van der Waals surface area contributed by atoms with Gasteiger partial charge >= 0.3 is 5.97 Å². The summed E-state index contributed by atoms with van der Waals surface area (Å²) in [4.78, 5) is 20.8. The van der Waals surface area contributed by atoms with Crippen molar-refractivity contribution < 1.29 is 14.8 Å². The van der Waals surface area contributed by atoms with Crippen LogP contribution in [0.2, 0.25) is 0 Å². The molecule has 0 atom stereocenters. The molecule has 0 unspecified atom stereocenters. The molecule has 0 saturated heterocycles. The van der Waals surface area contributed by atoms with Crippen LogP contribution < -0.4 is 0 Å². The number of carboxylic acid groups (broad SMARTS) is 1. The lowest BCUT2D eigenvalue weighted by atomic mass is 10.1. The van der Waals surface area contributed by atoms with Gasteiger partial charge in [-0.1, -0.05) is 15.9 Å². The van der Waals surface area contributed by atoms with Crippen molar-refractivity contribution in [2.24, 2.45) is 0 Å². The van der Waals surface area contributed by atoms with Crippen LogP contribution in [0.1, 0.15) is 12.5 Å². The summed E-state index contributed by atoms with van der Waals surface area (Å²) < 4.78 is 0.573. The summed E-state index contributed by atoms with van der Waals surface area (Å²) >= 11 is 3.12. The molecule has 0 aliphatic carbocycles. The summed E-state index contributed by atoms with van der Waals surface area (Å²) in [6.45, 7) is 1.38. The Labute approximate surface area is 99.7 Å². The fraction of sp³-hybridized carbons (Fsp3) is 0.100. The lowest BCUT2D eigenvalue weighted by Crippen LogP contribution is -1.97. The zero-order valence-corrected chi connectivity index (χ0v) is 9.89. The van der Waals surface area contributed by atoms with Crippen molar-refractivity contribution in [2.75, 3.05) is 0 Å². The van der Waals surface area contributed by atoms with Gasteiger partial charge in [-0.2, -0.15) is 0 Å². The average molecular weight is 286 g/mol. The number of nitro benzene ring substituents is 1. The highest BCUT2D eigenvalue weighted by Crippen LogP contribution is 2.25. The summed E-state index contributed by atoms with van der Waals surface area (Å²) in [7, 11) is 0. The maximum atomic E-state index is 10.7. The number of rotatable bonds is 3.